The Morgan fingerprint density at radius 1 is 0.308 bits per heavy atom. The van der Waals surface area contributed by atoms with E-state index in [4.69, 9.17) is 0 Å². The average Bonchev–Trinajstić information content (AvgIpc) is 2.72. The topological polar surface area (TPSA) is 0 Å². The van der Waals surface area contributed by atoms with Gasteiger partial charge in [-0.05, 0) is 59.7 Å². The first-order valence-electron chi connectivity index (χ1n) is 8.53. The van der Waals surface area contributed by atoms with Crippen molar-refractivity contribution in [3.8, 4) is 11.1 Å². The van der Waals surface area contributed by atoms with Crippen LogP contribution in [-0.2, 0) is 0 Å². The molecule has 0 nitrogen and oxygen atoms in total. The molecule has 4 aromatic carbocycles. The summed E-state index contributed by atoms with van der Waals surface area (Å²) in [5, 5.41) is 0. The molecule has 0 amide bonds. The fourth-order valence-electron chi connectivity index (χ4n) is 2.68. The molecule has 0 unspecified atom stereocenters. The zero-order chi connectivity index (χ0) is 17.6. The van der Waals surface area contributed by atoms with E-state index in [1.54, 1.807) is 23.5 Å². The van der Waals surface area contributed by atoms with E-state index >= 15 is 0 Å². The Morgan fingerprint density at radius 2 is 0.654 bits per heavy atom. The van der Waals surface area contributed by atoms with E-state index in [2.05, 4.69) is 97.1 Å². The minimum atomic E-state index is 1.25. The zero-order valence-corrected chi connectivity index (χ0v) is 15.8. The Bertz CT molecular complexity index is 944. The Hall–Kier alpha value is -2.42. The zero-order valence-electron chi connectivity index (χ0n) is 14.2. The van der Waals surface area contributed by atoms with Gasteiger partial charge in [0.2, 0.25) is 0 Å². The molecule has 0 N–H and O–H groups in total. The first-order chi connectivity index (χ1) is 12.9. The summed E-state index contributed by atoms with van der Waals surface area (Å²) in [6.45, 7) is 0. The highest BCUT2D eigenvalue weighted by Crippen LogP contribution is 2.33. The summed E-state index contributed by atoms with van der Waals surface area (Å²) in [5.41, 5.74) is 2.51. The van der Waals surface area contributed by atoms with Crippen molar-refractivity contribution in [2.75, 3.05) is 0 Å². The largest absolute Gasteiger partial charge is 0.0901 e. The minimum Gasteiger partial charge on any atom is -0.0901 e. The maximum absolute atomic E-state index is 2.20. The number of benzene rings is 4. The molecule has 4 aromatic rings. The number of hydrogen-bond donors (Lipinski definition) is 0. The molecule has 0 aliphatic carbocycles. The van der Waals surface area contributed by atoms with Gasteiger partial charge in [0.15, 0.2) is 0 Å². The summed E-state index contributed by atoms with van der Waals surface area (Å²) >= 11 is 3.59. The predicted molar refractivity (Wildman–Crippen MR) is 113 cm³/mol. The van der Waals surface area contributed by atoms with Crippen molar-refractivity contribution in [2.24, 2.45) is 0 Å². The fourth-order valence-corrected chi connectivity index (χ4v) is 4.34. The second kappa shape index (κ2) is 8.31. The van der Waals surface area contributed by atoms with Crippen molar-refractivity contribution >= 4 is 23.5 Å². The molecule has 0 fully saturated rings. The van der Waals surface area contributed by atoms with Crippen molar-refractivity contribution in [3.63, 3.8) is 0 Å². The lowest BCUT2D eigenvalue weighted by Crippen LogP contribution is -1.79. The molecule has 0 radical (unpaired) electrons. The maximum Gasteiger partial charge on any atom is 0.0123 e. The molecule has 4 rings (SSSR count). The van der Waals surface area contributed by atoms with E-state index in [1.165, 1.54) is 30.7 Å². The lowest BCUT2D eigenvalue weighted by Gasteiger charge is -2.06. The van der Waals surface area contributed by atoms with Gasteiger partial charge in [-0.15, -0.1) is 0 Å². The van der Waals surface area contributed by atoms with Crippen LogP contribution in [0.4, 0.5) is 0 Å². The molecule has 26 heavy (non-hydrogen) atoms. The lowest BCUT2D eigenvalue weighted by atomic mass is 10.1. The van der Waals surface area contributed by atoms with Crippen LogP contribution in [0.25, 0.3) is 11.1 Å². The third-order valence-corrected chi connectivity index (χ3v) is 6.03. The van der Waals surface area contributed by atoms with Crippen LogP contribution in [0, 0.1) is 0 Å². The van der Waals surface area contributed by atoms with Gasteiger partial charge in [-0.3, -0.25) is 0 Å². The second-order valence-electron chi connectivity index (χ2n) is 5.88. The van der Waals surface area contributed by atoms with Crippen LogP contribution in [0.5, 0.6) is 0 Å². The molecule has 0 bridgehead atoms. The Morgan fingerprint density at radius 3 is 1.15 bits per heavy atom. The predicted octanol–water partition coefficient (Wildman–Crippen LogP) is 7.66. The lowest BCUT2D eigenvalue weighted by molar-refractivity contribution is 1.33. The summed E-state index contributed by atoms with van der Waals surface area (Å²) in [5.74, 6) is 0. The van der Waals surface area contributed by atoms with E-state index in [0.717, 1.165) is 0 Å². The molecule has 0 spiro atoms. The molecule has 0 saturated carbocycles. The van der Waals surface area contributed by atoms with Gasteiger partial charge >= 0.3 is 0 Å². The number of rotatable bonds is 5. The Balaban J connectivity index is 1.42. The SMILES string of the molecule is c1ccc(Sc2ccc(Sc3ccc(-c4ccccc4)cc3)cc2)cc1. The van der Waals surface area contributed by atoms with E-state index in [9.17, 15) is 0 Å². The molecule has 0 aliphatic rings. The maximum atomic E-state index is 2.20. The summed E-state index contributed by atoms with van der Waals surface area (Å²) in [4.78, 5) is 5.05. The highest BCUT2D eigenvalue weighted by Gasteiger charge is 2.01. The van der Waals surface area contributed by atoms with Crippen molar-refractivity contribution < 1.29 is 0 Å². The molecule has 0 atom stereocenters. The smallest absolute Gasteiger partial charge is 0.0123 e. The van der Waals surface area contributed by atoms with Crippen LogP contribution in [0.3, 0.4) is 0 Å². The Labute approximate surface area is 163 Å². The van der Waals surface area contributed by atoms with E-state index in [-0.39, 0.29) is 0 Å². The van der Waals surface area contributed by atoms with E-state index in [0.29, 0.717) is 0 Å². The Kier molecular flexibility index (Phi) is 5.44. The van der Waals surface area contributed by atoms with Gasteiger partial charge < -0.3 is 0 Å². The summed E-state index contributed by atoms with van der Waals surface area (Å²) in [6, 6.07) is 38.5. The summed E-state index contributed by atoms with van der Waals surface area (Å²) < 4.78 is 0. The highest BCUT2D eigenvalue weighted by atomic mass is 32.2. The molecule has 2 heteroatoms. The van der Waals surface area contributed by atoms with Crippen molar-refractivity contribution in [1.29, 1.82) is 0 Å². The van der Waals surface area contributed by atoms with Crippen LogP contribution in [-0.4, -0.2) is 0 Å². The minimum absolute atomic E-state index is 1.25. The monoisotopic (exact) mass is 370 g/mol. The van der Waals surface area contributed by atoms with Crippen LogP contribution in [0.1, 0.15) is 0 Å². The number of hydrogen-bond acceptors (Lipinski definition) is 2. The van der Waals surface area contributed by atoms with Crippen molar-refractivity contribution in [2.45, 2.75) is 19.6 Å². The third kappa shape index (κ3) is 4.40. The van der Waals surface area contributed by atoms with Crippen LogP contribution in [0.15, 0.2) is 129 Å². The molecule has 0 saturated heterocycles. The van der Waals surface area contributed by atoms with Gasteiger partial charge in [0.25, 0.3) is 0 Å². The van der Waals surface area contributed by atoms with Gasteiger partial charge in [0.05, 0.1) is 0 Å². The quantitative estimate of drug-likeness (QED) is 0.354. The second-order valence-corrected chi connectivity index (χ2v) is 8.17. The standard InChI is InChI=1S/C24H18S2/c1-3-7-19(8-4-1)20-11-13-22(14-12-20)26-24-17-15-23(16-18-24)25-21-9-5-2-6-10-21/h1-18H. The van der Waals surface area contributed by atoms with E-state index < -0.39 is 0 Å². The van der Waals surface area contributed by atoms with Gasteiger partial charge in [0, 0.05) is 19.6 Å². The fraction of sp³-hybridized carbons (Fsp3) is 0. The first-order valence-corrected chi connectivity index (χ1v) is 10.2. The van der Waals surface area contributed by atoms with Crippen molar-refractivity contribution in [1.82, 2.24) is 0 Å². The molecule has 126 valence electrons. The summed E-state index contributed by atoms with van der Waals surface area (Å²) in [7, 11) is 0. The average molecular weight is 371 g/mol. The van der Waals surface area contributed by atoms with Gasteiger partial charge in [-0.25, -0.2) is 0 Å². The normalized spacial score (nSPS) is 10.6. The van der Waals surface area contributed by atoms with Gasteiger partial charge in [0.1, 0.15) is 0 Å². The first kappa shape index (κ1) is 17.0. The van der Waals surface area contributed by atoms with Crippen LogP contribution < -0.4 is 0 Å². The molecular formula is C24H18S2. The molecule has 0 aromatic heterocycles. The summed E-state index contributed by atoms with van der Waals surface area (Å²) in [6.07, 6.45) is 0. The van der Waals surface area contributed by atoms with Gasteiger partial charge in [-0.2, -0.15) is 0 Å². The van der Waals surface area contributed by atoms with Crippen LogP contribution in [0.2, 0.25) is 0 Å². The van der Waals surface area contributed by atoms with E-state index in [1.807, 2.05) is 12.1 Å². The molecule has 0 aliphatic heterocycles. The molecule has 0 heterocycles. The van der Waals surface area contributed by atoms with Crippen molar-refractivity contribution in [3.05, 3.63) is 109 Å². The highest BCUT2D eigenvalue weighted by molar-refractivity contribution is 7.99. The van der Waals surface area contributed by atoms with Crippen LogP contribution >= 0.6 is 23.5 Å². The van der Waals surface area contributed by atoms with Gasteiger partial charge in [-0.1, -0.05) is 84.2 Å². The molecular weight excluding hydrogens is 352 g/mol. The third-order valence-electron chi connectivity index (χ3n) is 4.00.